The van der Waals surface area contributed by atoms with Gasteiger partial charge in [-0.25, -0.2) is 0 Å². The van der Waals surface area contributed by atoms with Crippen molar-refractivity contribution in [3.05, 3.63) is 71.3 Å². The Bertz CT molecular complexity index is 1350. The standard InChI is InChI=1S/C28H30N2O6/c1-29(2)12-13-30-25(19-9-11-22(35-4)23(16-19)36-5)24(27(32)28(30)33)26(31)20-7-6-18-15-21(34-3)10-8-17(18)14-20/h6-11,14-16,25,31H,12-13H2,1-5H3/b26-24+. The Morgan fingerprint density at radius 2 is 1.58 bits per heavy atom. The fraction of sp³-hybridized carbons (Fsp3) is 0.286. The van der Waals surface area contributed by atoms with Crippen molar-refractivity contribution >= 4 is 28.2 Å². The Morgan fingerprint density at radius 3 is 2.25 bits per heavy atom. The van der Waals surface area contributed by atoms with Crippen molar-refractivity contribution in [3.8, 4) is 17.2 Å². The Kier molecular flexibility index (Phi) is 7.17. The molecule has 3 aromatic carbocycles. The van der Waals surface area contributed by atoms with Crippen LogP contribution < -0.4 is 14.2 Å². The van der Waals surface area contributed by atoms with E-state index in [-0.39, 0.29) is 11.3 Å². The van der Waals surface area contributed by atoms with Crippen LogP contribution in [0.25, 0.3) is 16.5 Å². The molecule has 36 heavy (non-hydrogen) atoms. The summed E-state index contributed by atoms with van der Waals surface area (Å²) in [5.74, 6) is 0.117. The van der Waals surface area contributed by atoms with Crippen molar-refractivity contribution in [1.29, 1.82) is 0 Å². The molecule has 0 bridgehead atoms. The predicted molar refractivity (Wildman–Crippen MR) is 138 cm³/mol. The maximum absolute atomic E-state index is 13.3. The van der Waals surface area contributed by atoms with Crippen LogP contribution in [0.2, 0.25) is 0 Å². The SMILES string of the molecule is COc1ccc2cc(/C(O)=C3\C(=O)C(=O)N(CCN(C)C)C3c3ccc(OC)c(OC)c3)ccc2c1. The van der Waals surface area contributed by atoms with Crippen LogP contribution in [0, 0.1) is 0 Å². The van der Waals surface area contributed by atoms with E-state index < -0.39 is 17.7 Å². The molecule has 1 unspecified atom stereocenters. The fourth-order valence-electron chi connectivity index (χ4n) is 4.44. The first-order valence-corrected chi connectivity index (χ1v) is 11.5. The first kappa shape index (κ1) is 25.1. The van der Waals surface area contributed by atoms with Gasteiger partial charge in [0.2, 0.25) is 0 Å². The van der Waals surface area contributed by atoms with Gasteiger partial charge in [0, 0.05) is 18.7 Å². The third-order valence-electron chi connectivity index (χ3n) is 6.37. The fourth-order valence-corrected chi connectivity index (χ4v) is 4.44. The van der Waals surface area contributed by atoms with Crippen LogP contribution in [0.3, 0.4) is 0 Å². The van der Waals surface area contributed by atoms with Crippen LogP contribution in [-0.2, 0) is 9.59 Å². The van der Waals surface area contributed by atoms with E-state index in [1.807, 2.05) is 43.3 Å². The van der Waals surface area contributed by atoms with Crippen LogP contribution >= 0.6 is 0 Å². The summed E-state index contributed by atoms with van der Waals surface area (Å²) in [4.78, 5) is 29.9. The van der Waals surface area contributed by atoms with Crippen molar-refractivity contribution in [2.24, 2.45) is 0 Å². The van der Waals surface area contributed by atoms with Gasteiger partial charge in [0.05, 0.1) is 32.9 Å². The molecular weight excluding hydrogens is 460 g/mol. The van der Waals surface area contributed by atoms with Crippen LogP contribution in [0.4, 0.5) is 0 Å². The predicted octanol–water partition coefficient (Wildman–Crippen LogP) is 3.85. The first-order chi connectivity index (χ1) is 17.3. The lowest BCUT2D eigenvalue weighted by molar-refractivity contribution is -0.140. The van der Waals surface area contributed by atoms with Gasteiger partial charge in [-0.05, 0) is 60.8 Å². The van der Waals surface area contributed by atoms with E-state index in [1.54, 1.807) is 37.4 Å². The van der Waals surface area contributed by atoms with E-state index in [0.29, 0.717) is 35.7 Å². The minimum atomic E-state index is -0.781. The summed E-state index contributed by atoms with van der Waals surface area (Å²) in [6, 6.07) is 15.4. The van der Waals surface area contributed by atoms with Crippen molar-refractivity contribution in [2.75, 3.05) is 48.5 Å². The zero-order chi connectivity index (χ0) is 26.0. The smallest absolute Gasteiger partial charge is 0.295 e. The number of ether oxygens (including phenoxy) is 3. The van der Waals surface area contributed by atoms with E-state index in [2.05, 4.69) is 0 Å². The number of hydrogen-bond donors (Lipinski definition) is 1. The van der Waals surface area contributed by atoms with Gasteiger partial charge >= 0.3 is 0 Å². The number of Topliss-reactive ketones (excluding diaryl/α,β-unsaturated/α-hetero) is 1. The largest absolute Gasteiger partial charge is 0.507 e. The van der Waals surface area contributed by atoms with Gasteiger partial charge in [0.25, 0.3) is 11.7 Å². The number of nitrogens with zero attached hydrogens (tertiary/aromatic N) is 2. The molecule has 1 aliphatic rings. The molecule has 0 aliphatic carbocycles. The number of aliphatic hydroxyl groups is 1. The summed E-state index contributed by atoms with van der Waals surface area (Å²) in [5.41, 5.74) is 1.13. The number of fused-ring (bicyclic) bond motifs is 1. The highest BCUT2D eigenvalue weighted by Crippen LogP contribution is 2.42. The molecular formula is C28H30N2O6. The maximum Gasteiger partial charge on any atom is 0.295 e. The number of aliphatic hydroxyl groups excluding tert-OH is 1. The lowest BCUT2D eigenvalue weighted by Crippen LogP contribution is -2.35. The number of carbonyl (C=O) groups is 2. The van der Waals surface area contributed by atoms with Crippen molar-refractivity contribution in [3.63, 3.8) is 0 Å². The van der Waals surface area contributed by atoms with E-state index in [4.69, 9.17) is 14.2 Å². The molecule has 0 saturated carbocycles. The molecule has 0 spiro atoms. The van der Waals surface area contributed by atoms with Gasteiger partial charge < -0.3 is 29.1 Å². The number of likely N-dealkylation sites (N-methyl/N-ethyl adjacent to an activating group) is 1. The van der Waals surface area contributed by atoms with Crippen molar-refractivity contribution in [2.45, 2.75) is 6.04 Å². The number of amides is 1. The van der Waals surface area contributed by atoms with E-state index in [1.165, 1.54) is 19.1 Å². The molecule has 8 nitrogen and oxygen atoms in total. The highest BCUT2D eigenvalue weighted by atomic mass is 16.5. The van der Waals surface area contributed by atoms with E-state index in [9.17, 15) is 14.7 Å². The zero-order valence-electron chi connectivity index (χ0n) is 21.1. The highest BCUT2D eigenvalue weighted by Gasteiger charge is 2.46. The van der Waals surface area contributed by atoms with Gasteiger partial charge in [-0.1, -0.05) is 24.3 Å². The summed E-state index contributed by atoms with van der Waals surface area (Å²) >= 11 is 0. The number of methoxy groups -OCH3 is 3. The van der Waals surface area contributed by atoms with E-state index in [0.717, 1.165) is 16.5 Å². The van der Waals surface area contributed by atoms with Gasteiger partial charge in [-0.3, -0.25) is 9.59 Å². The third-order valence-corrected chi connectivity index (χ3v) is 6.37. The van der Waals surface area contributed by atoms with Crippen LogP contribution in [0.5, 0.6) is 17.2 Å². The second kappa shape index (κ2) is 10.3. The Balaban J connectivity index is 1.87. The molecule has 1 fully saturated rings. The van der Waals surface area contributed by atoms with E-state index >= 15 is 0 Å². The minimum Gasteiger partial charge on any atom is -0.507 e. The third kappa shape index (κ3) is 4.59. The Labute approximate surface area is 210 Å². The summed E-state index contributed by atoms with van der Waals surface area (Å²) in [7, 11) is 8.45. The van der Waals surface area contributed by atoms with Crippen molar-refractivity contribution in [1.82, 2.24) is 9.80 Å². The van der Waals surface area contributed by atoms with Gasteiger partial charge in [0.15, 0.2) is 11.5 Å². The van der Waals surface area contributed by atoms with Crippen LogP contribution in [0.15, 0.2) is 60.2 Å². The number of hydrogen-bond acceptors (Lipinski definition) is 7. The molecule has 1 aliphatic heterocycles. The minimum absolute atomic E-state index is 0.0406. The monoisotopic (exact) mass is 490 g/mol. The molecule has 0 radical (unpaired) electrons. The average molecular weight is 491 g/mol. The average Bonchev–Trinajstić information content (AvgIpc) is 3.15. The first-order valence-electron chi connectivity index (χ1n) is 11.5. The summed E-state index contributed by atoms with van der Waals surface area (Å²) in [5, 5.41) is 13.2. The second-order valence-electron chi connectivity index (χ2n) is 8.84. The molecule has 0 aromatic heterocycles. The van der Waals surface area contributed by atoms with Gasteiger partial charge in [-0.15, -0.1) is 0 Å². The molecule has 1 amide bonds. The molecule has 1 saturated heterocycles. The maximum atomic E-state index is 13.3. The van der Waals surface area contributed by atoms with Gasteiger partial charge in [0.1, 0.15) is 11.5 Å². The number of rotatable bonds is 8. The summed E-state index contributed by atoms with van der Waals surface area (Å²) < 4.78 is 16.1. The molecule has 188 valence electrons. The molecule has 8 heteroatoms. The summed E-state index contributed by atoms with van der Waals surface area (Å²) in [6.07, 6.45) is 0. The molecule has 1 atom stereocenters. The Hall–Kier alpha value is -4.04. The highest BCUT2D eigenvalue weighted by molar-refractivity contribution is 6.46. The van der Waals surface area contributed by atoms with Gasteiger partial charge in [-0.2, -0.15) is 0 Å². The molecule has 1 heterocycles. The van der Waals surface area contributed by atoms with Crippen LogP contribution in [-0.4, -0.2) is 75.1 Å². The lowest BCUT2D eigenvalue weighted by Gasteiger charge is -2.27. The lowest BCUT2D eigenvalue weighted by atomic mass is 9.94. The topological polar surface area (TPSA) is 88.5 Å². The molecule has 4 rings (SSSR count). The van der Waals surface area contributed by atoms with Crippen LogP contribution in [0.1, 0.15) is 17.2 Å². The van der Waals surface area contributed by atoms with Crippen molar-refractivity contribution < 1.29 is 28.9 Å². The number of carbonyl (C=O) groups excluding carboxylic acids is 2. The quantitative estimate of drug-likeness (QED) is 0.292. The normalized spacial score (nSPS) is 17.2. The summed E-state index contributed by atoms with van der Waals surface area (Å²) in [6.45, 7) is 0.861. The Morgan fingerprint density at radius 1 is 0.889 bits per heavy atom. The zero-order valence-corrected chi connectivity index (χ0v) is 21.1. The number of benzene rings is 3. The molecule has 1 N–H and O–H groups in total. The number of ketones is 1. The number of likely N-dealkylation sites (tertiary alicyclic amines) is 1. The molecule has 3 aromatic rings. The second-order valence-corrected chi connectivity index (χ2v) is 8.84.